The van der Waals surface area contributed by atoms with Crippen molar-refractivity contribution in [1.29, 1.82) is 0 Å². The third kappa shape index (κ3) is 5.31. The maximum atomic E-state index is 12.4. The van der Waals surface area contributed by atoms with Gasteiger partial charge in [-0.05, 0) is 26.0 Å². The highest BCUT2D eigenvalue weighted by Crippen LogP contribution is 2.35. The van der Waals surface area contributed by atoms with Gasteiger partial charge in [0.2, 0.25) is 0 Å². The summed E-state index contributed by atoms with van der Waals surface area (Å²) in [5, 5.41) is 13.8. The molecular formula is C20H20N2O8. The van der Waals surface area contributed by atoms with Gasteiger partial charge in [0.15, 0.2) is 23.9 Å². The molecule has 158 valence electrons. The fourth-order valence-corrected chi connectivity index (χ4v) is 2.59. The fraction of sp³-hybridized carbons (Fsp3) is 0.250. The number of carbonyl (C=O) groups excluding carboxylic acids is 3. The Bertz CT molecular complexity index is 987. The summed E-state index contributed by atoms with van der Waals surface area (Å²) in [7, 11) is 1.32. The summed E-state index contributed by atoms with van der Waals surface area (Å²) < 4.78 is 15.3. The Hall–Kier alpha value is -3.95. The highest BCUT2D eigenvalue weighted by atomic mass is 16.6. The minimum absolute atomic E-state index is 0.0989. The van der Waals surface area contributed by atoms with Crippen molar-refractivity contribution in [2.24, 2.45) is 0 Å². The van der Waals surface area contributed by atoms with E-state index in [1.807, 2.05) is 0 Å². The van der Waals surface area contributed by atoms with E-state index in [9.17, 15) is 24.5 Å². The van der Waals surface area contributed by atoms with Crippen molar-refractivity contribution in [3.63, 3.8) is 0 Å². The Morgan fingerprint density at radius 3 is 2.40 bits per heavy atom. The van der Waals surface area contributed by atoms with Crippen molar-refractivity contribution in [3.05, 3.63) is 57.6 Å². The van der Waals surface area contributed by atoms with Crippen LogP contribution < -0.4 is 14.8 Å². The van der Waals surface area contributed by atoms with Crippen molar-refractivity contribution in [2.45, 2.75) is 13.8 Å². The summed E-state index contributed by atoms with van der Waals surface area (Å²) in [5.41, 5.74) is -0.382. The molecule has 0 aliphatic carbocycles. The SMILES string of the molecule is CCOc1cc([N+](=O)[O-])c(C(=O)OCC(=O)Nc2ccccc2C(C)=O)cc1OC. The van der Waals surface area contributed by atoms with Crippen LogP contribution in [0.4, 0.5) is 11.4 Å². The smallest absolute Gasteiger partial charge is 0.345 e. The normalized spacial score (nSPS) is 10.1. The van der Waals surface area contributed by atoms with Gasteiger partial charge in [0, 0.05) is 11.6 Å². The monoisotopic (exact) mass is 416 g/mol. The summed E-state index contributed by atoms with van der Waals surface area (Å²) in [6, 6.07) is 8.52. The number of nitro groups is 1. The lowest BCUT2D eigenvalue weighted by Crippen LogP contribution is -2.22. The first-order valence-electron chi connectivity index (χ1n) is 8.84. The first kappa shape index (κ1) is 22.3. The van der Waals surface area contributed by atoms with Crippen LogP contribution in [-0.2, 0) is 9.53 Å². The maximum Gasteiger partial charge on any atom is 0.345 e. The molecule has 1 N–H and O–H groups in total. The lowest BCUT2D eigenvalue weighted by Gasteiger charge is -2.12. The fourth-order valence-electron chi connectivity index (χ4n) is 2.59. The lowest BCUT2D eigenvalue weighted by atomic mass is 10.1. The van der Waals surface area contributed by atoms with Gasteiger partial charge in [-0.3, -0.25) is 19.7 Å². The van der Waals surface area contributed by atoms with Crippen LogP contribution in [0.3, 0.4) is 0 Å². The van der Waals surface area contributed by atoms with Gasteiger partial charge in [0.25, 0.3) is 11.6 Å². The molecule has 0 bridgehead atoms. The molecule has 1 amide bonds. The van der Waals surface area contributed by atoms with E-state index in [0.717, 1.165) is 12.1 Å². The number of hydrogen-bond acceptors (Lipinski definition) is 8. The van der Waals surface area contributed by atoms with Gasteiger partial charge in [-0.1, -0.05) is 12.1 Å². The predicted molar refractivity (Wildman–Crippen MR) is 106 cm³/mol. The number of benzene rings is 2. The average Bonchev–Trinajstić information content (AvgIpc) is 2.72. The summed E-state index contributed by atoms with van der Waals surface area (Å²) in [4.78, 5) is 46.7. The van der Waals surface area contributed by atoms with Crippen LogP contribution in [-0.4, -0.2) is 42.9 Å². The lowest BCUT2D eigenvalue weighted by molar-refractivity contribution is -0.385. The molecule has 0 saturated heterocycles. The standard InChI is InChI=1S/C20H20N2O8/c1-4-29-18-10-16(22(26)27)14(9-17(18)28-3)20(25)30-11-19(24)21-15-8-6-5-7-13(15)12(2)23/h5-10H,4,11H2,1-3H3,(H,21,24). The number of amides is 1. The zero-order valence-electron chi connectivity index (χ0n) is 16.6. The molecular weight excluding hydrogens is 396 g/mol. The van der Waals surface area contributed by atoms with E-state index >= 15 is 0 Å². The second kappa shape index (κ2) is 10.0. The number of nitrogens with one attached hydrogen (secondary N) is 1. The van der Waals surface area contributed by atoms with E-state index in [0.29, 0.717) is 5.56 Å². The van der Waals surface area contributed by atoms with Crippen LogP contribution in [0, 0.1) is 10.1 Å². The molecule has 0 saturated carbocycles. The molecule has 0 fully saturated rings. The summed E-state index contributed by atoms with van der Waals surface area (Å²) in [6.07, 6.45) is 0. The quantitative estimate of drug-likeness (QED) is 0.285. The molecule has 0 aliphatic heterocycles. The zero-order chi connectivity index (χ0) is 22.3. The van der Waals surface area contributed by atoms with Crippen LogP contribution in [0.1, 0.15) is 34.6 Å². The van der Waals surface area contributed by atoms with Crippen LogP contribution in [0.25, 0.3) is 0 Å². The number of ketones is 1. The molecule has 2 rings (SSSR count). The number of Topliss-reactive ketones (excluding diaryl/α,β-unsaturated/α-hetero) is 1. The minimum Gasteiger partial charge on any atom is -0.493 e. The molecule has 0 aliphatic rings. The van der Waals surface area contributed by atoms with Gasteiger partial charge in [0.1, 0.15) is 5.56 Å². The average molecular weight is 416 g/mol. The molecule has 0 atom stereocenters. The topological polar surface area (TPSA) is 134 Å². The van der Waals surface area contributed by atoms with E-state index < -0.39 is 34.7 Å². The number of nitro benzene ring substituents is 1. The van der Waals surface area contributed by atoms with Gasteiger partial charge in [-0.2, -0.15) is 0 Å². The zero-order valence-corrected chi connectivity index (χ0v) is 16.6. The van der Waals surface area contributed by atoms with Crippen molar-refractivity contribution < 1.29 is 33.5 Å². The number of carbonyl (C=O) groups is 3. The van der Waals surface area contributed by atoms with Gasteiger partial charge in [-0.15, -0.1) is 0 Å². The molecule has 0 spiro atoms. The molecule has 0 radical (unpaired) electrons. The summed E-state index contributed by atoms with van der Waals surface area (Å²) in [5.74, 6) is -1.84. The molecule has 0 heterocycles. The van der Waals surface area contributed by atoms with E-state index in [2.05, 4.69) is 5.32 Å². The number of ether oxygens (including phenoxy) is 3. The Balaban J connectivity index is 2.17. The molecule has 0 aromatic heterocycles. The number of anilines is 1. The van der Waals surface area contributed by atoms with E-state index in [1.165, 1.54) is 20.1 Å². The Kier molecular flexibility index (Phi) is 7.45. The number of nitrogens with zero attached hydrogens (tertiary/aromatic N) is 1. The van der Waals surface area contributed by atoms with Crippen molar-refractivity contribution in [1.82, 2.24) is 0 Å². The van der Waals surface area contributed by atoms with Gasteiger partial charge in [0.05, 0.1) is 30.4 Å². The van der Waals surface area contributed by atoms with Crippen molar-refractivity contribution >= 4 is 29.0 Å². The number of methoxy groups -OCH3 is 1. The van der Waals surface area contributed by atoms with Crippen LogP contribution in [0.5, 0.6) is 11.5 Å². The Morgan fingerprint density at radius 1 is 1.10 bits per heavy atom. The molecule has 10 heteroatoms. The number of esters is 1. The van der Waals surface area contributed by atoms with E-state index in [1.54, 1.807) is 25.1 Å². The van der Waals surface area contributed by atoms with Crippen LogP contribution in [0.2, 0.25) is 0 Å². The van der Waals surface area contributed by atoms with E-state index in [-0.39, 0.29) is 29.6 Å². The number of rotatable bonds is 9. The second-order valence-electron chi connectivity index (χ2n) is 5.94. The van der Waals surface area contributed by atoms with Crippen LogP contribution >= 0.6 is 0 Å². The Morgan fingerprint density at radius 2 is 1.80 bits per heavy atom. The molecule has 2 aromatic carbocycles. The first-order chi connectivity index (χ1) is 14.3. The molecule has 30 heavy (non-hydrogen) atoms. The van der Waals surface area contributed by atoms with Gasteiger partial charge < -0.3 is 19.5 Å². The third-order valence-corrected chi connectivity index (χ3v) is 3.91. The summed E-state index contributed by atoms with van der Waals surface area (Å²) in [6.45, 7) is 2.57. The van der Waals surface area contributed by atoms with Gasteiger partial charge in [-0.25, -0.2) is 4.79 Å². The highest BCUT2D eigenvalue weighted by molar-refractivity contribution is 6.04. The highest BCUT2D eigenvalue weighted by Gasteiger charge is 2.26. The summed E-state index contributed by atoms with van der Waals surface area (Å²) >= 11 is 0. The largest absolute Gasteiger partial charge is 0.493 e. The van der Waals surface area contributed by atoms with Crippen LogP contribution in [0.15, 0.2) is 36.4 Å². The third-order valence-electron chi connectivity index (χ3n) is 3.91. The van der Waals surface area contributed by atoms with Gasteiger partial charge >= 0.3 is 5.97 Å². The number of hydrogen-bond donors (Lipinski definition) is 1. The van der Waals surface area contributed by atoms with Crippen molar-refractivity contribution in [2.75, 3.05) is 25.6 Å². The predicted octanol–water partition coefficient (Wildman–Crippen LogP) is 3.00. The molecule has 0 unspecified atom stereocenters. The molecule has 2 aromatic rings. The maximum absolute atomic E-state index is 12.4. The van der Waals surface area contributed by atoms with Crippen molar-refractivity contribution in [3.8, 4) is 11.5 Å². The minimum atomic E-state index is -1.09. The first-order valence-corrected chi connectivity index (χ1v) is 8.84. The number of para-hydroxylation sites is 1. The van der Waals surface area contributed by atoms with E-state index in [4.69, 9.17) is 14.2 Å². The molecule has 10 nitrogen and oxygen atoms in total. The Labute approximate surface area is 171 Å². The second-order valence-corrected chi connectivity index (χ2v) is 5.94.